The number of ether oxygens (including phenoxy) is 3. The molecule has 1 aromatic rings. The number of aromatic nitrogens is 2. The van der Waals surface area contributed by atoms with Gasteiger partial charge in [0.05, 0.1) is 6.61 Å². The van der Waals surface area contributed by atoms with Crippen LogP contribution in [0.15, 0.2) is 12.4 Å². The van der Waals surface area contributed by atoms with E-state index in [-0.39, 0.29) is 12.4 Å². The van der Waals surface area contributed by atoms with E-state index in [0.29, 0.717) is 13.2 Å². The van der Waals surface area contributed by atoms with E-state index < -0.39 is 0 Å². The highest BCUT2D eigenvalue weighted by Crippen LogP contribution is 2.16. The third-order valence-corrected chi connectivity index (χ3v) is 3.30. The Morgan fingerprint density at radius 3 is 3.16 bits per heavy atom. The van der Waals surface area contributed by atoms with Crippen LogP contribution in [-0.2, 0) is 20.8 Å². The molecule has 1 aliphatic rings. The zero-order valence-corrected chi connectivity index (χ0v) is 11.9. The van der Waals surface area contributed by atoms with Crippen molar-refractivity contribution in [3.05, 3.63) is 18.2 Å². The quantitative estimate of drug-likeness (QED) is 0.762. The second-order valence-electron chi connectivity index (χ2n) is 4.74. The molecule has 0 radical (unpaired) electrons. The molecule has 1 aliphatic heterocycles. The summed E-state index contributed by atoms with van der Waals surface area (Å²) in [6, 6.07) is 0. The molecule has 0 saturated carbocycles. The average molecular weight is 268 g/mol. The molecule has 2 heterocycles. The minimum atomic E-state index is -0.0231. The van der Waals surface area contributed by atoms with Gasteiger partial charge in [-0.15, -0.1) is 0 Å². The van der Waals surface area contributed by atoms with Crippen molar-refractivity contribution in [1.29, 1.82) is 0 Å². The molecule has 2 rings (SSSR count). The summed E-state index contributed by atoms with van der Waals surface area (Å²) in [4.78, 5) is 4.35. The Bertz CT molecular complexity index is 361. The van der Waals surface area contributed by atoms with E-state index in [1.54, 1.807) is 0 Å². The van der Waals surface area contributed by atoms with Gasteiger partial charge < -0.3 is 18.8 Å². The fourth-order valence-corrected chi connectivity index (χ4v) is 2.32. The summed E-state index contributed by atoms with van der Waals surface area (Å²) in [6.07, 6.45) is 7.13. The normalized spacial score (nSPS) is 21.5. The maximum Gasteiger partial charge on any atom is 0.157 e. The molecule has 0 unspecified atom stereocenters. The van der Waals surface area contributed by atoms with Gasteiger partial charge in [-0.3, -0.25) is 0 Å². The smallest absolute Gasteiger partial charge is 0.157 e. The molecule has 5 nitrogen and oxygen atoms in total. The van der Waals surface area contributed by atoms with Gasteiger partial charge in [-0.2, -0.15) is 0 Å². The first-order chi connectivity index (χ1) is 9.31. The number of hydrogen-bond donors (Lipinski definition) is 0. The zero-order valence-electron chi connectivity index (χ0n) is 11.9. The van der Waals surface area contributed by atoms with E-state index in [9.17, 15) is 0 Å². The maximum atomic E-state index is 5.74. The van der Waals surface area contributed by atoms with Crippen LogP contribution in [0.5, 0.6) is 0 Å². The van der Waals surface area contributed by atoms with Crippen molar-refractivity contribution in [3.63, 3.8) is 0 Å². The highest BCUT2D eigenvalue weighted by molar-refractivity contribution is 4.95. The van der Waals surface area contributed by atoms with Crippen LogP contribution in [0.25, 0.3) is 0 Å². The molecule has 0 spiro atoms. The van der Waals surface area contributed by atoms with E-state index >= 15 is 0 Å². The molecular weight excluding hydrogens is 244 g/mol. The largest absolute Gasteiger partial charge is 0.371 e. The third kappa shape index (κ3) is 4.30. The lowest BCUT2D eigenvalue weighted by Gasteiger charge is -2.23. The topological polar surface area (TPSA) is 45.5 Å². The summed E-state index contributed by atoms with van der Waals surface area (Å²) >= 11 is 0. The van der Waals surface area contributed by atoms with E-state index in [2.05, 4.69) is 9.55 Å². The Kier molecular flexibility index (Phi) is 5.82. The number of hydrogen-bond acceptors (Lipinski definition) is 4. The van der Waals surface area contributed by atoms with Crippen molar-refractivity contribution in [2.75, 3.05) is 19.8 Å². The second-order valence-corrected chi connectivity index (χ2v) is 4.74. The summed E-state index contributed by atoms with van der Waals surface area (Å²) in [6.45, 7) is 6.96. The molecule has 19 heavy (non-hydrogen) atoms. The van der Waals surface area contributed by atoms with Gasteiger partial charge >= 0.3 is 0 Å². The van der Waals surface area contributed by atoms with Crippen LogP contribution >= 0.6 is 0 Å². The monoisotopic (exact) mass is 268 g/mol. The van der Waals surface area contributed by atoms with Gasteiger partial charge in [0.15, 0.2) is 6.29 Å². The minimum absolute atomic E-state index is 0.0194. The van der Waals surface area contributed by atoms with Crippen molar-refractivity contribution < 1.29 is 14.2 Å². The molecule has 1 fully saturated rings. The van der Waals surface area contributed by atoms with Gasteiger partial charge in [-0.05, 0) is 33.1 Å². The first kappa shape index (κ1) is 14.5. The maximum absolute atomic E-state index is 5.74. The summed E-state index contributed by atoms with van der Waals surface area (Å²) in [7, 11) is 0. The van der Waals surface area contributed by atoms with Crippen LogP contribution in [0.1, 0.15) is 45.0 Å². The van der Waals surface area contributed by atoms with Crippen LogP contribution in [0.4, 0.5) is 0 Å². The molecule has 108 valence electrons. The Balaban J connectivity index is 1.77. The van der Waals surface area contributed by atoms with Gasteiger partial charge in [0, 0.05) is 32.2 Å². The highest BCUT2D eigenvalue weighted by Gasteiger charge is 2.15. The lowest BCUT2D eigenvalue weighted by Crippen LogP contribution is -2.24. The van der Waals surface area contributed by atoms with E-state index in [0.717, 1.165) is 31.8 Å². The Labute approximate surface area is 114 Å². The standard InChI is InChI=1S/C14H24N2O3/c1-3-17-12(2)14-15-7-8-16(14)9-11-19-13-6-4-5-10-18-13/h7-8,12-13H,3-6,9-11H2,1-2H3/t12-,13+/m1/s1. The zero-order chi connectivity index (χ0) is 13.5. The first-order valence-electron chi connectivity index (χ1n) is 7.17. The molecule has 0 amide bonds. The van der Waals surface area contributed by atoms with E-state index in [4.69, 9.17) is 14.2 Å². The predicted octanol–water partition coefficient (Wildman–Crippen LogP) is 2.52. The van der Waals surface area contributed by atoms with E-state index in [1.165, 1.54) is 6.42 Å². The van der Waals surface area contributed by atoms with Gasteiger partial charge in [0.25, 0.3) is 0 Å². The Morgan fingerprint density at radius 2 is 2.42 bits per heavy atom. The average Bonchev–Trinajstić information content (AvgIpc) is 2.89. The molecule has 2 atom stereocenters. The van der Waals surface area contributed by atoms with E-state index in [1.807, 2.05) is 26.2 Å². The lowest BCUT2D eigenvalue weighted by molar-refractivity contribution is -0.163. The summed E-state index contributed by atoms with van der Waals surface area (Å²) < 4.78 is 18.9. The highest BCUT2D eigenvalue weighted by atomic mass is 16.7. The lowest BCUT2D eigenvalue weighted by atomic mass is 10.2. The molecule has 0 bridgehead atoms. The third-order valence-electron chi connectivity index (χ3n) is 3.30. The first-order valence-corrected chi connectivity index (χ1v) is 7.17. The summed E-state index contributed by atoms with van der Waals surface area (Å²) in [5.74, 6) is 0.954. The summed E-state index contributed by atoms with van der Waals surface area (Å²) in [5, 5.41) is 0. The SMILES string of the molecule is CCO[C@H](C)c1nccn1CCO[C@H]1CCCCO1. The van der Waals surface area contributed by atoms with Crippen molar-refractivity contribution in [3.8, 4) is 0 Å². The van der Waals surface area contributed by atoms with Crippen molar-refractivity contribution in [2.45, 2.75) is 52.0 Å². The molecule has 0 N–H and O–H groups in total. The molecule has 1 aromatic heterocycles. The molecule has 0 aliphatic carbocycles. The molecule has 1 saturated heterocycles. The predicted molar refractivity (Wildman–Crippen MR) is 71.8 cm³/mol. The molecule has 0 aromatic carbocycles. The van der Waals surface area contributed by atoms with Gasteiger partial charge in [-0.25, -0.2) is 4.98 Å². The van der Waals surface area contributed by atoms with Crippen LogP contribution in [0.3, 0.4) is 0 Å². The van der Waals surface area contributed by atoms with Crippen LogP contribution < -0.4 is 0 Å². The van der Waals surface area contributed by atoms with Crippen LogP contribution in [-0.4, -0.2) is 35.7 Å². The minimum Gasteiger partial charge on any atom is -0.371 e. The van der Waals surface area contributed by atoms with Crippen molar-refractivity contribution in [2.24, 2.45) is 0 Å². The molecular formula is C14H24N2O3. The summed E-state index contributed by atoms with van der Waals surface area (Å²) in [5.41, 5.74) is 0. The van der Waals surface area contributed by atoms with Crippen LogP contribution in [0, 0.1) is 0 Å². The fourth-order valence-electron chi connectivity index (χ4n) is 2.32. The number of nitrogens with zero attached hydrogens (tertiary/aromatic N) is 2. The number of imidazole rings is 1. The Morgan fingerprint density at radius 1 is 1.53 bits per heavy atom. The van der Waals surface area contributed by atoms with Gasteiger partial charge in [0.1, 0.15) is 11.9 Å². The van der Waals surface area contributed by atoms with Gasteiger partial charge in [-0.1, -0.05) is 0 Å². The van der Waals surface area contributed by atoms with Gasteiger partial charge in [0.2, 0.25) is 0 Å². The van der Waals surface area contributed by atoms with Crippen LogP contribution in [0.2, 0.25) is 0 Å². The fraction of sp³-hybridized carbons (Fsp3) is 0.786. The van der Waals surface area contributed by atoms with Crippen molar-refractivity contribution >= 4 is 0 Å². The molecule has 5 heteroatoms. The second kappa shape index (κ2) is 7.62. The Hall–Kier alpha value is -0.910. The number of rotatable bonds is 7. The van der Waals surface area contributed by atoms with Crippen molar-refractivity contribution in [1.82, 2.24) is 9.55 Å².